The Balaban J connectivity index is 1.39. The fourth-order valence-corrected chi connectivity index (χ4v) is 5.38. The van der Waals surface area contributed by atoms with E-state index in [1.54, 1.807) is 0 Å². The van der Waals surface area contributed by atoms with Crippen LogP contribution in [-0.4, -0.2) is 31.3 Å². The molecule has 1 aromatic carbocycles. The second kappa shape index (κ2) is 7.08. The minimum Gasteiger partial charge on any atom is -0.381 e. The number of fused-ring (bicyclic) bond motifs is 1. The van der Waals surface area contributed by atoms with Crippen LogP contribution < -0.4 is 5.73 Å². The average molecular weight is 343 g/mol. The fourth-order valence-electron chi connectivity index (χ4n) is 5.38. The summed E-state index contributed by atoms with van der Waals surface area (Å²) in [5, 5.41) is 0. The minimum atomic E-state index is -0.305. The smallest absolute Gasteiger partial charge is 0.248 e. The van der Waals surface area contributed by atoms with E-state index in [2.05, 4.69) is 13.0 Å². The van der Waals surface area contributed by atoms with E-state index < -0.39 is 0 Å². The Morgan fingerprint density at radius 3 is 2.52 bits per heavy atom. The molecule has 1 aliphatic heterocycles. The second-order valence-electron chi connectivity index (χ2n) is 7.91. The molecule has 2 aliphatic carbocycles. The summed E-state index contributed by atoms with van der Waals surface area (Å²) in [5.41, 5.74) is 7.46. The second-order valence-corrected chi connectivity index (χ2v) is 7.91. The molecule has 0 spiro atoms. The molecule has 2 N–H and O–H groups in total. The van der Waals surface area contributed by atoms with Crippen LogP contribution in [0.5, 0.6) is 0 Å². The maximum atomic E-state index is 11.8. The first-order valence-electron chi connectivity index (χ1n) is 9.81. The molecular formula is C21H29NO3. The van der Waals surface area contributed by atoms with Crippen molar-refractivity contribution in [1.82, 2.24) is 0 Å². The Labute approximate surface area is 150 Å². The Bertz CT molecular complexity index is 613. The molecule has 0 aromatic heterocycles. The molecule has 3 atom stereocenters. The number of hydrogen-bond acceptors (Lipinski definition) is 3. The Kier molecular flexibility index (Phi) is 4.83. The van der Waals surface area contributed by atoms with Crippen molar-refractivity contribution in [2.24, 2.45) is 23.5 Å². The average Bonchev–Trinajstić information content (AvgIpc) is 3.11. The van der Waals surface area contributed by atoms with Crippen LogP contribution in [0.4, 0.5) is 0 Å². The zero-order valence-corrected chi connectivity index (χ0v) is 15.0. The van der Waals surface area contributed by atoms with Gasteiger partial charge >= 0.3 is 0 Å². The highest BCUT2D eigenvalue weighted by Gasteiger charge is 2.59. The predicted molar refractivity (Wildman–Crippen MR) is 96.4 cm³/mol. The maximum absolute atomic E-state index is 11.8. The molecule has 2 saturated carbocycles. The lowest BCUT2D eigenvalue weighted by Crippen LogP contribution is -2.28. The number of benzene rings is 1. The van der Waals surface area contributed by atoms with Crippen molar-refractivity contribution in [3.05, 3.63) is 35.4 Å². The fraction of sp³-hybridized carbons (Fsp3) is 0.667. The summed E-state index contributed by atoms with van der Waals surface area (Å²) >= 11 is 0. The zero-order valence-electron chi connectivity index (χ0n) is 15.0. The van der Waals surface area contributed by atoms with Gasteiger partial charge in [-0.2, -0.15) is 0 Å². The molecule has 1 saturated heterocycles. The number of ether oxygens (including phenoxy) is 2. The lowest BCUT2D eigenvalue weighted by atomic mass is 9.84. The maximum Gasteiger partial charge on any atom is 0.248 e. The summed E-state index contributed by atoms with van der Waals surface area (Å²) in [6, 6.07) is 7.90. The van der Waals surface area contributed by atoms with Crippen molar-refractivity contribution in [3.8, 4) is 0 Å². The van der Waals surface area contributed by atoms with E-state index in [1.165, 1.54) is 12.8 Å². The summed E-state index contributed by atoms with van der Waals surface area (Å²) in [6.07, 6.45) is 6.33. The van der Waals surface area contributed by atoms with Gasteiger partial charge in [0, 0.05) is 18.8 Å². The van der Waals surface area contributed by atoms with E-state index in [0.29, 0.717) is 29.6 Å². The van der Waals surface area contributed by atoms with Crippen LogP contribution in [0.3, 0.4) is 0 Å². The number of amides is 1. The Morgan fingerprint density at radius 1 is 1.20 bits per heavy atom. The van der Waals surface area contributed by atoms with Crippen molar-refractivity contribution in [2.75, 3.05) is 13.2 Å². The predicted octanol–water partition coefficient (Wildman–Crippen LogP) is 3.50. The zero-order chi connectivity index (χ0) is 17.4. The monoisotopic (exact) mass is 343 g/mol. The van der Waals surface area contributed by atoms with Crippen molar-refractivity contribution in [3.63, 3.8) is 0 Å². The Hall–Kier alpha value is -1.39. The topological polar surface area (TPSA) is 61.6 Å². The molecular weight excluding hydrogens is 314 g/mol. The molecule has 1 aromatic rings. The van der Waals surface area contributed by atoms with Gasteiger partial charge in [-0.25, -0.2) is 0 Å². The summed E-state index contributed by atoms with van der Waals surface area (Å²) in [6.45, 7) is 3.91. The standard InChI is InChI=1S/C21H29NO3/c1-2-15(16-5-3-4-6-17(16)21(22)23)20-18-11-14(12-19(18)20)25-13-7-9-24-10-8-13/h3-6,13-15,18-20H,2,7-12H2,1H3,(H2,22,23)/t14?,15-,18+,19+,20?/m1/s1. The van der Waals surface area contributed by atoms with Gasteiger partial charge in [0.25, 0.3) is 0 Å². The highest BCUT2D eigenvalue weighted by atomic mass is 16.5. The van der Waals surface area contributed by atoms with E-state index in [4.69, 9.17) is 15.2 Å². The van der Waals surface area contributed by atoms with E-state index in [0.717, 1.165) is 49.9 Å². The molecule has 3 aliphatic rings. The van der Waals surface area contributed by atoms with Crippen LogP contribution >= 0.6 is 0 Å². The third kappa shape index (κ3) is 3.34. The van der Waals surface area contributed by atoms with Gasteiger partial charge in [0.1, 0.15) is 0 Å². The summed E-state index contributed by atoms with van der Waals surface area (Å²) in [5.74, 6) is 2.36. The van der Waals surface area contributed by atoms with E-state index in [-0.39, 0.29) is 5.91 Å². The molecule has 136 valence electrons. The quantitative estimate of drug-likeness (QED) is 0.860. The van der Waals surface area contributed by atoms with Crippen LogP contribution in [0.1, 0.15) is 60.9 Å². The first kappa shape index (κ1) is 17.0. The van der Waals surface area contributed by atoms with Gasteiger partial charge in [-0.3, -0.25) is 4.79 Å². The number of carbonyl (C=O) groups excluding carboxylic acids is 1. The highest BCUT2D eigenvalue weighted by molar-refractivity contribution is 5.94. The normalized spacial score (nSPS) is 30.8. The minimum absolute atomic E-state index is 0.305. The lowest BCUT2D eigenvalue weighted by molar-refractivity contribution is -0.0704. The lowest BCUT2D eigenvalue weighted by Gasteiger charge is -2.28. The van der Waals surface area contributed by atoms with Crippen molar-refractivity contribution < 1.29 is 14.3 Å². The summed E-state index contributed by atoms with van der Waals surface area (Å²) < 4.78 is 11.7. The van der Waals surface area contributed by atoms with Gasteiger partial charge in [-0.1, -0.05) is 25.1 Å². The molecule has 1 heterocycles. The largest absolute Gasteiger partial charge is 0.381 e. The molecule has 4 nitrogen and oxygen atoms in total. The van der Waals surface area contributed by atoms with Crippen LogP contribution in [0, 0.1) is 17.8 Å². The first-order valence-corrected chi connectivity index (χ1v) is 9.81. The van der Waals surface area contributed by atoms with Gasteiger partial charge in [0.05, 0.1) is 12.2 Å². The third-order valence-electron chi connectivity index (χ3n) is 6.55. The van der Waals surface area contributed by atoms with Crippen molar-refractivity contribution in [2.45, 2.75) is 57.2 Å². The number of primary amides is 1. The van der Waals surface area contributed by atoms with Crippen LogP contribution in [-0.2, 0) is 9.47 Å². The third-order valence-corrected chi connectivity index (χ3v) is 6.55. The molecule has 25 heavy (non-hydrogen) atoms. The van der Waals surface area contributed by atoms with Crippen LogP contribution in [0.2, 0.25) is 0 Å². The summed E-state index contributed by atoms with van der Waals surface area (Å²) in [7, 11) is 0. The van der Waals surface area contributed by atoms with E-state index in [9.17, 15) is 4.79 Å². The molecule has 4 heteroatoms. The van der Waals surface area contributed by atoms with Gasteiger partial charge < -0.3 is 15.2 Å². The van der Waals surface area contributed by atoms with Crippen LogP contribution in [0.15, 0.2) is 24.3 Å². The van der Waals surface area contributed by atoms with Gasteiger partial charge in [-0.05, 0) is 67.4 Å². The molecule has 0 unspecified atom stereocenters. The van der Waals surface area contributed by atoms with Crippen molar-refractivity contribution in [1.29, 1.82) is 0 Å². The number of nitrogens with two attached hydrogens (primary N) is 1. The van der Waals surface area contributed by atoms with Gasteiger partial charge in [0.2, 0.25) is 5.91 Å². The van der Waals surface area contributed by atoms with Gasteiger partial charge in [0.15, 0.2) is 0 Å². The van der Waals surface area contributed by atoms with Gasteiger partial charge in [-0.15, -0.1) is 0 Å². The number of hydrogen-bond donors (Lipinski definition) is 1. The molecule has 3 fully saturated rings. The SMILES string of the molecule is CC[C@H](c1ccccc1C(N)=O)C1[C@H]2CC(OC3CCOCC3)C[C@H]12. The van der Waals surface area contributed by atoms with E-state index in [1.807, 2.05) is 18.2 Å². The summed E-state index contributed by atoms with van der Waals surface area (Å²) in [4.78, 5) is 11.8. The van der Waals surface area contributed by atoms with E-state index >= 15 is 0 Å². The molecule has 0 radical (unpaired) electrons. The number of carbonyl (C=O) groups is 1. The first-order chi connectivity index (χ1) is 12.2. The Morgan fingerprint density at radius 2 is 1.88 bits per heavy atom. The molecule has 0 bridgehead atoms. The van der Waals surface area contributed by atoms with Crippen molar-refractivity contribution >= 4 is 5.91 Å². The van der Waals surface area contributed by atoms with Crippen LogP contribution in [0.25, 0.3) is 0 Å². The highest BCUT2D eigenvalue weighted by Crippen LogP contribution is 2.64. The number of rotatable bonds is 6. The molecule has 4 rings (SSSR count). The molecule has 1 amide bonds.